The van der Waals surface area contributed by atoms with E-state index in [1.165, 1.54) is 11.1 Å². The van der Waals surface area contributed by atoms with Gasteiger partial charge in [-0.25, -0.2) is 0 Å². The van der Waals surface area contributed by atoms with Crippen LogP contribution in [0.25, 0.3) is 0 Å². The Labute approximate surface area is 121 Å². The van der Waals surface area contributed by atoms with Crippen LogP contribution in [0, 0.1) is 6.92 Å². The fourth-order valence-electron chi connectivity index (χ4n) is 2.47. The Morgan fingerprint density at radius 3 is 2.15 bits per heavy atom. The minimum atomic E-state index is -0.0966. The molecule has 0 bridgehead atoms. The molecule has 0 fully saturated rings. The summed E-state index contributed by atoms with van der Waals surface area (Å²) in [6.07, 6.45) is 1.51. The van der Waals surface area contributed by atoms with Gasteiger partial charge in [0.2, 0.25) is 0 Å². The van der Waals surface area contributed by atoms with Gasteiger partial charge in [-0.3, -0.25) is 4.79 Å². The molecule has 0 spiro atoms. The average Bonchev–Trinajstić information content (AvgIpc) is 2.48. The third-order valence-electron chi connectivity index (χ3n) is 4.18. The second-order valence-corrected chi connectivity index (χ2v) is 5.75. The van der Waals surface area contributed by atoms with E-state index in [1.54, 1.807) is 0 Å². The van der Waals surface area contributed by atoms with E-state index in [2.05, 4.69) is 45.0 Å². The van der Waals surface area contributed by atoms with Gasteiger partial charge in [0.25, 0.3) is 0 Å². The molecule has 0 aliphatic heterocycles. The van der Waals surface area contributed by atoms with Crippen LogP contribution in [0.2, 0.25) is 0 Å². The molecule has 2 rings (SSSR count). The number of Topliss-reactive ketones (excluding diaryl/α,β-unsaturated/α-hetero) is 1. The SMILES string of the molecule is CCC(C)(CC(=O)c1ccccc1)c1ccc(C)cc1. The molecule has 20 heavy (non-hydrogen) atoms. The Kier molecular flexibility index (Phi) is 4.39. The Morgan fingerprint density at radius 2 is 1.60 bits per heavy atom. The zero-order valence-electron chi connectivity index (χ0n) is 12.5. The average molecular weight is 266 g/mol. The lowest BCUT2D eigenvalue weighted by atomic mass is 9.75. The van der Waals surface area contributed by atoms with Gasteiger partial charge in [-0.15, -0.1) is 0 Å². The first-order valence-corrected chi connectivity index (χ1v) is 7.20. The largest absolute Gasteiger partial charge is 0.294 e. The summed E-state index contributed by atoms with van der Waals surface area (Å²) in [5.74, 6) is 0.218. The van der Waals surface area contributed by atoms with E-state index in [0.717, 1.165) is 12.0 Å². The summed E-state index contributed by atoms with van der Waals surface area (Å²) in [6.45, 7) is 6.42. The van der Waals surface area contributed by atoms with Crippen molar-refractivity contribution in [3.8, 4) is 0 Å². The lowest BCUT2D eigenvalue weighted by Crippen LogP contribution is -2.25. The van der Waals surface area contributed by atoms with Crippen molar-refractivity contribution in [2.24, 2.45) is 0 Å². The maximum absolute atomic E-state index is 12.5. The second-order valence-electron chi connectivity index (χ2n) is 5.75. The fourth-order valence-corrected chi connectivity index (χ4v) is 2.47. The molecule has 0 radical (unpaired) electrons. The Hall–Kier alpha value is -1.89. The van der Waals surface area contributed by atoms with Crippen LogP contribution in [-0.4, -0.2) is 5.78 Å². The summed E-state index contributed by atoms with van der Waals surface area (Å²) in [7, 11) is 0. The number of rotatable bonds is 5. The van der Waals surface area contributed by atoms with Crippen molar-refractivity contribution in [1.29, 1.82) is 0 Å². The number of ketones is 1. The van der Waals surface area contributed by atoms with Gasteiger partial charge in [0.15, 0.2) is 5.78 Å². The summed E-state index contributed by atoms with van der Waals surface area (Å²) < 4.78 is 0. The molecule has 0 saturated carbocycles. The molecule has 0 aliphatic rings. The van der Waals surface area contributed by atoms with E-state index in [9.17, 15) is 4.79 Å². The maximum atomic E-state index is 12.5. The number of aryl methyl sites for hydroxylation is 1. The topological polar surface area (TPSA) is 17.1 Å². The third-order valence-corrected chi connectivity index (χ3v) is 4.18. The van der Waals surface area contributed by atoms with Gasteiger partial charge < -0.3 is 0 Å². The Balaban J connectivity index is 2.23. The van der Waals surface area contributed by atoms with Crippen LogP contribution >= 0.6 is 0 Å². The molecular weight excluding hydrogens is 244 g/mol. The standard InChI is InChI=1S/C19H22O/c1-4-19(3,17-12-10-15(2)11-13-17)14-18(20)16-8-6-5-7-9-16/h5-13H,4,14H2,1-3H3. The van der Waals surface area contributed by atoms with Crippen LogP contribution in [-0.2, 0) is 5.41 Å². The Morgan fingerprint density at radius 1 is 1.00 bits per heavy atom. The molecule has 104 valence electrons. The summed E-state index contributed by atoms with van der Waals surface area (Å²) in [6, 6.07) is 18.1. The van der Waals surface area contributed by atoms with Crippen LogP contribution in [0.15, 0.2) is 54.6 Å². The zero-order valence-corrected chi connectivity index (χ0v) is 12.5. The van der Waals surface area contributed by atoms with Crippen LogP contribution in [0.1, 0.15) is 48.2 Å². The van der Waals surface area contributed by atoms with Crippen molar-refractivity contribution in [2.45, 2.75) is 39.0 Å². The molecule has 1 atom stereocenters. The van der Waals surface area contributed by atoms with Crippen molar-refractivity contribution in [2.75, 3.05) is 0 Å². The quantitative estimate of drug-likeness (QED) is 0.701. The highest BCUT2D eigenvalue weighted by Crippen LogP contribution is 2.32. The third kappa shape index (κ3) is 3.16. The van der Waals surface area contributed by atoms with Gasteiger partial charge in [0.1, 0.15) is 0 Å². The monoisotopic (exact) mass is 266 g/mol. The lowest BCUT2D eigenvalue weighted by Gasteiger charge is -2.28. The first kappa shape index (κ1) is 14.5. The first-order chi connectivity index (χ1) is 9.55. The van der Waals surface area contributed by atoms with Gasteiger partial charge in [0, 0.05) is 12.0 Å². The normalized spacial score (nSPS) is 13.8. The molecule has 1 nitrogen and oxygen atoms in total. The van der Waals surface area contributed by atoms with E-state index in [1.807, 2.05) is 30.3 Å². The number of hydrogen-bond donors (Lipinski definition) is 0. The molecule has 0 aliphatic carbocycles. The summed E-state index contributed by atoms with van der Waals surface area (Å²) in [5, 5.41) is 0. The van der Waals surface area contributed by atoms with Crippen LogP contribution in [0.3, 0.4) is 0 Å². The molecule has 0 amide bonds. The molecular formula is C19H22O. The van der Waals surface area contributed by atoms with E-state index in [-0.39, 0.29) is 11.2 Å². The molecule has 0 aromatic heterocycles. The van der Waals surface area contributed by atoms with E-state index < -0.39 is 0 Å². The smallest absolute Gasteiger partial charge is 0.163 e. The lowest BCUT2D eigenvalue weighted by molar-refractivity contribution is 0.0952. The van der Waals surface area contributed by atoms with Crippen molar-refractivity contribution in [1.82, 2.24) is 0 Å². The van der Waals surface area contributed by atoms with Crippen LogP contribution in [0.5, 0.6) is 0 Å². The second kappa shape index (κ2) is 6.04. The number of carbonyl (C=O) groups excluding carboxylic acids is 1. The fraction of sp³-hybridized carbons (Fsp3) is 0.316. The van der Waals surface area contributed by atoms with E-state index in [4.69, 9.17) is 0 Å². The van der Waals surface area contributed by atoms with Gasteiger partial charge >= 0.3 is 0 Å². The Bertz CT molecular complexity index is 568. The predicted molar refractivity (Wildman–Crippen MR) is 84.2 cm³/mol. The zero-order chi connectivity index (χ0) is 14.6. The minimum Gasteiger partial charge on any atom is -0.294 e. The molecule has 0 saturated heterocycles. The molecule has 2 aromatic carbocycles. The molecule has 0 N–H and O–H groups in total. The maximum Gasteiger partial charge on any atom is 0.163 e. The summed E-state index contributed by atoms with van der Waals surface area (Å²) in [5.41, 5.74) is 3.21. The highest BCUT2D eigenvalue weighted by atomic mass is 16.1. The highest BCUT2D eigenvalue weighted by Gasteiger charge is 2.28. The first-order valence-electron chi connectivity index (χ1n) is 7.20. The molecule has 0 heterocycles. The minimum absolute atomic E-state index is 0.0966. The van der Waals surface area contributed by atoms with Crippen molar-refractivity contribution in [3.05, 3.63) is 71.3 Å². The molecule has 1 unspecified atom stereocenters. The van der Waals surface area contributed by atoms with Crippen LogP contribution in [0.4, 0.5) is 0 Å². The van der Waals surface area contributed by atoms with Gasteiger partial charge in [-0.1, -0.05) is 74.0 Å². The number of carbonyl (C=O) groups is 1. The molecule has 1 heteroatoms. The van der Waals surface area contributed by atoms with E-state index >= 15 is 0 Å². The summed E-state index contributed by atoms with van der Waals surface area (Å²) in [4.78, 5) is 12.5. The van der Waals surface area contributed by atoms with Crippen molar-refractivity contribution < 1.29 is 4.79 Å². The number of hydrogen-bond acceptors (Lipinski definition) is 1. The summed E-state index contributed by atoms with van der Waals surface area (Å²) >= 11 is 0. The van der Waals surface area contributed by atoms with Gasteiger partial charge in [-0.2, -0.15) is 0 Å². The van der Waals surface area contributed by atoms with Crippen molar-refractivity contribution in [3.63, 3.8) is 0 Å². The van der Waals surface area contributed by atoms with Crippen molar-refractivity contribution >= 4 is 5.78 Å². The van der Waals surface area contributed by atoms with Crippen LogP contribution < -0.4 is 0 Å². The van der Waals surface area contributed by atoms with Gasteiger partial charge in [0.05, 0.1) is 0 Å². The highest BCUT2D eigenvalue weighted by molar-refractivity contribution is 5.96. The number of benzene rings is 2. The predicted octanol–water partition coefficient (Wildman–Crippen LogP) is 4.94. The van der Waals surface area contributed by atoms with Gasteiger partial charge in [-0.05, 0) is 24.3 Å². The van der Waals surface area contributed by atoms with E-state index in [0.29, 0.717) is 6.42 Å². The molecule has 2 aromatic rings.